The van der Waals surface area contributed by atoms with Gasteiger partial charge in [-0.25, -0.2) is 4.39 Å². The van der Waals surface area contributed by atoms with Crippen molar-refractivity contribution in [3.8, 4) is 0 Å². The molecule has 0 aromatic heterocycles. The molecule has 0 spiro atoms. The summed E-state index contributed by atoms with van der Waals surface area (Å²) in [7, 11) is 0. The molecule has 1 aromatic carbocycles. The average molecular weight is 231 g/mol. The molecule has 0 atom stereocenters. The number of hydrogen-bond acceptors (Lipinski definition) is 2. The van der Waals surface area contributed by atoms with Crippen LogP contribution in [0.3, 0.4) is 0 Å². The maximum atomic E-state index is 13.0. The lowest BCUT2D eigenvalue weighted by Crippen LogP contribution is -2.07. The number of nitrogens with one attached hydrogen (secondary N) is 1. The molecule has 15 heavy (non-hydrogen) atoms. The molecule has 0 amide bonds. The second kappa shape index (κ2) is 5.21. The largest absolute Gasteiger partial charge is 0.397 e. The van der Waals surface area contributed by atoms with Crippen LogP contribution >= 0.6 is 11.6 Å². The van der Waals surface area contributed by atoms with Crippen molar-refractivity contribution in [3.05, 3.63) is 23.0 Å². The minimum absolute atomic E-state index is 0.0937. The fourth-order valence-electron chi connectivity index (χ4n) is 1.21. The molecule has 0 aliphatic carbocycles. The van der Waals surface area contributed by atoms with E-state index in [-0.39, 0.29) is 5.02 Å². The van der Waals surface area contributed by atoms with Crippen LogP contribution in [0.5, 0.6) is 0 Å². The zero-order valence-corrected chi connectivity index (χ0v) is 9.74. The Morgan fingerprint density at radius 1 is 1.47 bits per heavy atom. The smallest absolute Gasteiger partial charge is 0.143 e. The van der Waals surface area contributed by atoms with Crippen LogP contribution in [0.15, 0.2) is 12.1 Å². The molecule has 1 aromatic rings. The molecule has 2 nitrogen and oxygen atoms in total. The van der Waals surface area contributed by atoms with Crippen LogP contribution in [0.2, 0.25) is 5.02 Å². The summed E-state index contributed by atoms with van der Waals surface area (Å²) in [6.07, 6.45) is 1.04. The van der Waals surface area contributed by atoms with Crippen LogP contribution in [0, 0.1) is 11.7 Å². The summed E-state index contributed by atoms with van der Waals surface area (Å²) >= 11 is 5.66. The molecule has 0 aliphatic heterocycles. The molecule has 1 rings (SSSR count). The Labute approximate surface area is 94.6 Å². The van der Waals surface area contributed by atoms with E-state index in [1.54, 1.807) is 0 Å². The van der Waals surface area contributed by atoms with Gasteiger partial charge in [-0.1, -0.05) is 25.4 Å². The molecule has 0 bridgehead atoms. The number of halogens is 2. The monoisotopic (exact) mass is 230 g/mol. The first-order chi connectivity index (χ1) is 7.00. The fraction of sp³-hybridized carbons (Fsp3) is 0.455. The van der Waals surface area contributed by atoms with Crippen molar-refractivity contribution >= 4 is 23.0 Å². The van der Waals surface area contributed by atoms with E-state index < -0.39 is 5.82 Å². The van der Waals surface area contributed by atoms with Gasteiger partial charge in [0.2, 0.25) is 0 Å². The topological polar surface area (TPSA) is 38.0 Å². The quantitative estimate of drug-likeness (QED) is 0.777. The standard InChI is InChI=1S/C11H16ClFN2/c1-7(2)3-4-15-11-5-8(12)9(13)6-10(11)14/h5-7,15H,3-4,14H2,1-2H3. The summed E-state index contributed by atoms with van der Waals surface area (Å²) in [5.74, 6) is 0.137. The second-order valence-corrected chi connectivity index (χ2v) is 4.37. The molecule has 0 unspecified atom stereocenters. The number of benzene rings is 1. The molecule has 84 valence electrons. The van der Waals surface area contributed by atoms with Gasteiger partial charge in [0.15, 0.2) is 0 Å². The molecule has 0 heterocycles. The lowest BCUT2D eigenvalue weighted by atomic mass is 10.1. The van der Waals surface area contributed by atoms with E-state index in [1.807, 2.05) is 0 Å². The van der Waals surface area contributed by atoms with Gasteiger partial charge in [-0.2, -0.15) is 0 Å². The SMILES string of the molecule is CC(C)CCNc1cc(Cl)c(F)cc1N. The molecule has 0 saturated carbocycles. The third-order valence-electron chi connectivity index (χ3n) is 2.13. The van der Waals surface area contributed by atoms with Gasteiger partial charge in [0.1, 0.15) is 5.82 Å². The van der Waals surface area contributed by atoms with Crippen LogP contribution in [0.1, 0.15) is 20.3 Å². The van der Waals surface area contributed by atoms with E-state index in [4.69, 9.17) is 17.3 Å². The van der Waals surface area contributed by atoms with Crippen molar-refractivity contribution in [2.45, 2.75) is 20.3 Å². The van der Waals surface area contributed by atoms with Gasteiger partial charge in [0.05, 0.1) is 16.4 Å². The van der Waals surface area contributed by atoms with Crippen LogP contribution in [-0.2, 0) is 0 Å². The van der Waals surface area contributed by atoms with Crippen LogP contribution in [0.4, 0.5) is 15.8 Å². The number of nitrogens with two attached hydrogens (primary N) is 1. The molecule has 3 N–H and O–H groups in total. The Kier molecular flexibility index (Phi) is 4.21. The highest BCUT2D eigenvalue weighted by atomic mass is 35.5. The minimum atomic E-state index is -0.483. The molecule has 0 aliphatic rings. The number of hydrogen-bond donors (Lipinski definition) is 2. The van der Waals surface area contributed by atoms with Gasteiger partial charge in [-0.15, -0.1) is 0 Å². The summed E-state index contributed by atoms with van der Waals surface area (Å²) < 4.78 is 13.0. The molecule has 4 heteroatoms. The van der Waals surface area contributed by atoms with E-state index in [0.29, 0.717) is 17.3 Å². The average Bonchev–Trinajstić information content (AvgIpc) is 2.13. The lowest BCUT2D eigenvalue weighted by molar-refractivity contribution is 0.607. The number of anilines is 2. The van der Waals surface area contributed by atoms with Gasteiger partial charge in [-0.05, 0) is 18.4 Å². The van der Waals surface area contributed by atoms with Crippen molar-refractivity contribution in [2.75, 3.05) is 17.6 Å². The molecular formula is C11H16ClFN2. The van der Waals surface area contributed by atoms with Crippen LogP contribution in [0.25, 0.3) is 0 Å². The highest BCUT2D eigenvalue weighted by molar-refractivity contribution is 6.31. The van der Waals surface area contributed by atoms with Crippen LogP contribution in [-0.4, -0.2) is 6.54 Å². The third-order valence-corrected chi connectivity index (χ3v) is 2.42. The second-order valence-electron chi connectivity index (χ2n) is 3.96. The Morgan fingerprint density at radius 3 is 2.73 bits per heavy atom. The van der Waals surface area contributed by atoms with Crippen LogP contribution < -0.4 is 11.1 Å². The summed E-state index contributed by atoms with van der Waals surface area (Å²) in [5.41, 5.74) is 6.73. The Bertz CT molecular complexity index is 340. The summed E-state index contributed by atoms with van der Waals surface area (Å²) in [6, 6.07) is 2.76. The highest BCUT2D eigenvalue weighted by Gasteiger charge is 2.05. The molecule has 0 saturated heterocycles. The fourth-order valence-corrected chi connectivity index (χ4v) is 1.37. The molecular weight excluding hydrogens is 215 g/mol. The van der Waals surface area contributed by atoms with Gasteiger partial charge in [0, 0.05) is 12.6 Å². The molecule has 0 radical (unpaired) electrons. The Hall–Kier alpha value is -0.960. The van der Waals surface area contributed by atoms with Crippen molar-refractivity contribution in [1.29, 1.82) is 0 Å². The predicted octanol–water partition coefficient (Wildman–Crippen LogP) is 3.52. The molecule has 0 fully saturated rings. The van der Waals surface area contributed by atoms with Gasteiger partial charge in [0.25, 0.3) is 0 Å². The minimum Gasteiger partial charge on any atom is -0.397 e. The van der Waals surface area contributed by atoms with Gasteiger partial charge < -0.3 is 11.1 Å². The number of rotatable bonds is 4. The zero-order chi connectivity index (χ0) is 11.4. The maximum Gasteiger partial charge on any atom is 0.143 e. The van der Waals surface area contributed by atoms with E-state index in [2.05, 4.69) is 19.2 Å². The maximum absolute atomic E-state index is 13.0. The zero-order valence-electron chi connectivity index (χ0n) is 8.98. The first-order valence-electron chi connectivity index (χ1n) is 4.99. The van der Waals surface area contributed by atoms with Gasteiger partial charge in [-0.3, -0.25) is 0 Å². The Balaban J connectivity index is 2.65. The summed E-state index contributed by atoms with van der Waals surface area (Å²) in [5, 5.41) is 3.23. The van der Waals surface area contributed by atoms with Crippen molar-refractivity contribution in [3.63, 3.8) is 0 Å². The first kappa shape index (κ1) is 12.1. The Morgan fingerprint density at radius 2 is 2.13 bits per heavy atom. The predicted molar refractivity (Wildman–Crippen MR) is 63.8 cm³/mol. The normalized spacial score (nSPS) is 10.7. The highest BCUT2D eigenvalue weighted by Crippen LogP contribution is 2.26. The van der Waals surface area contributed by atoms with Crippen molar-refractivity contribution in [1.82, 2.24) is 0 Å². The van der Waals surface area contributed by atoms with E-state index in [0.717, 1.165) is 13.0 Å². The summed E-state index contributed by atoms with van der Waals surface area (Å²) in [4.78, 5) is 0. The lowest BCUT2D eigenvalue weighted by Gasteiger charge is -2.11. The van der Waals surface area contributed by atoms with E-state index in [9.17, 15) is 4.39 Å². The number of nitrogen functional groups attached to an aromatic ring is 1. The van der Waals surface area contributed by atoms with E-state index >= 15 is 0 Å². The summed E-state index contributed by atoms with van der Waals surface area (Å²) in [6.45, 7) is 5.09. The first-order valence-corrected chi connectivity index (χ1v) is 5.37. The van der Waals surface area contributed by atoms with Gasteiger partial charge >= 0.3 is 0 Å². The third kappa shape index (κ3) is 3.59. The van der Waals surface area contributed by atoms with E-state index in [1.165, 1.54) is 12.1 Å². The van der Waals surface area contributed by atoms with Crippen molar-refractivity contribution < 1.29 is 4.39 Å². The van der Waals surface area contributed by atoms with Crippen molar-refractivity contribution in [2.24, 2.45) is 5.92 Å².